The van der Waals surface area contributed by atoms with Crippen molar-refractivity contribution in [2.75, 3.05) is 0 Å². The van der Waals surface area contributed by atoms with Crippen molar-refractivity contribution in [1.29, 1.82) is 0 Å². The molecular formula is C26H16O5. The van der Waals surface area contributed by atoms with Gasteiger partial charge in [0.05, 0.1) is 0 Å². The molecule has 0 amide bonds. The van der Waals surface area contributed by atoms with E-state index in [0.29, 0.717) is 22.8 Å². The number of hydrogen-bond donors (Lipinski definition) is 4. The summed E-state index contributed by atoms with van der Waals surface area (Å²) in [5.74, 6) is -0.887. The van der Waals surface area contributed by atoms with Crippen LogP contribution in [0, 0.1) is 0 Å². The van der Waals surface area contributed by atoms with E-state index in [9.17, 15) is 25.2 Å². The molecule has 0 atom stereocenters. The number of carbonyl (C=O) groups excluding carboxylic acids is 1. The standard InChI is InChI=1S/C26H16O5/c27-11-13-2-1-12-3-4-17-15-6-7-16-20(26(31)22(29)10-21(16)28)9-19(15)25(30)18-8-5-14(13)23(12)24(17)18/h1-7,9-11,28-31H,8H2. The Hall–Kier alpha value is -4.25. The van der Waals surface area contributed by atoms with E-state index < -0.39 is 5.75 Å². The quantitative estimate of drug-likeness (QED) is 0.148. The Kier molecular flexibility index (Phi) is 3.34. The van der Waals surface area contributed by atoms with Crippen LogP contribution >= 0.6 is 0 Å². The van der Waals surface area contributed by atoms with Crippen molar-refractivity contribution in [3.63, 3.8) is 0 Å². The van der Waals surface area contributed by atoms with Crippen molar-refractivity contribution in [1.82, 2.24) is 0 Å². The number of phenols is 4. The van der Waals surface area contributed by atoms with Gasteiger partial charge in [-0.25, -0.2) is 0 Å². The van der Waals surface area contributed by atoms with E-state index in [0.717, 1.165) is 50.2 Å². The lowest BCUT2D eigenvalue weighted by molar-refractivity contribution is 0.112. The molecule has 6 rings (SSSR count). The third-order valence-corrected chi connectivity index (χ3v) is 6.36. The molecule has 0 heterocycles. The third-order valence-electron chi connectivity index (χ3n) is 6.36. The fourth-order valence-electron chi connectivity index (χ4n) is 4.92. The molecule has 0 aliphatic heterocycles. The molecule has 5 heteroatoms. The lowest BCUT2D eigenvalue weighted by atomic mass is 9.86. The van der Waals surface area contributed by atoms with Crippen molar-refractivity contribution in [2.45, 2.75) is 6.42 Å². The maximum Gasteiger partial charge on any atom is 0.165 e. The van der Waals surface area contributed by atoms with Crippen LogP contribution in [0.3, 0.4) is 0 Å². The summed E-state index contributed by atoms with van der Waals surface area (Å²) < 4.78 is 0. The van der Waals surface area contributed by atoms with Gasteiger partial charge in [0.2, 0.25) is 0 Å². The van der Waals surface area contributed by atoms with Gasteiger partial charge in [0.1, 0.15) is 11.5 Å². The van der Waals surface area contributed by atoms with Gasteiger partial charge in [0.15, 0.2) is 17.8 Å². The summed E-state index contributed by atoms with van der Waals surface area (Å²) >= 11 is 0. The van der Waals surface area contributed by atoms with Crippen LogP contribution in [-0.2, 0) is 6.42 Å². The highest BCUT2D eigenvalue weighted by molar-refractivity contribution is 6.15. The van der Waals surface area contributed by atoms with E-state index in [4.69, 9.17) is 0 Å². The van der Waals surface area contributed by atoms with Crippen LogP contribution in [-0.4, -0.2) is 26.7 Å². The Bertz CT molecular complexity index is 1660. The zero-order valence-corrected chi connectivity index (χ0v) is 16.2. The van der Waals surface area contributed by atoms with E-state index in [-0.39, 0.29) is 22.8 Å². The smallest absolute Gasteiger partial charge is 0.165 e. The molecule has 2 aliphatic rings. The first-order valence-corrected chi connectivity index (χ1v) is 9.86. The Morgan fingerprint density at radius 3 is 2.35 bits per heavy atom. The van der Waals surface area contributed by atoms with Gasteiger partial charge in [0, 0.05) is 33.5 Å². The molecule has 31 heavy (non-hydrogen) atoms. The summed E-state index contributed by atoms with van der Waals surface area (Å²) in [5.41, 5.74) is 2.68. The first-order chi connectivity index (χ1) is 15.0. The zero-order chi connectivity index (χ0) is 21.4. The number of rotatable bonds is 1. The molecule has 0 fully saturated rings. The molecule has 0 radical (unpaired) electrons. The number of hydrogen-bond acceptors (Lipinski definition) is 5. The van der Waals surface area contributed by atoms with Gasteiger partial charge in [-0.05, 0) is 50.9 Å². The maximum absolute atomic E-state index is 11.6. The minimum atomic E-state index is -0.434. The first-order valence-electron chi connectivity index (χ1n) is 9.86. The maximum atomic E-state index is 11.6. The molecule has 0 unspecified atom stereocenters. The lowest BCUT2D eigenvalue weighted by Crippen LogP contribution is -2.18. The average molecular weight is 408 g/mol. The normalized spacial score (nSPS) is 13.4. The number of carbonyl (C=O) groups is 1. The minimum absolute atomic E-state index is 0.0770. The van der Waals surface area contributed by atoms with Crippen LogP contribution in [0.5, 0.6) is 23.0 Å². The summed E-state index contributed by atoms with van der Waals surface area (Å²) in [5, 5.41) is 47.0. The fourth-order valence-corrected chi connectivity index (χ4v) is 4.92. The van der Waals surface area contributed by atoms with Crippen LogP contribution in [0.4, 0.5) is 0 Å². The predicted octanol–water partition coefficient (Wildman–Crippen LogP) is 3.28. The van der Waals surface area contributed by atoms with Gasteiger partial charge in [-0.1, -0.05) is 36.4 Å². The molecule has 0 saturated heterocycles. The largest absolute Gasteiger partial charge is 0.507 e. The van der Waals surface area contributed by atoms with Gasteiger partial charge in [-0.2, -0.15) is 0 Å². The topological polar surface area (TPSA) is 98.0 Å². The predicted molar refractivity (Wildman–Crippen MR) is 120 cm³/mol. The highest BCUT2D eigenvalue weighted by Crippen LogP contribution is 2.42. The number of aromatic hydroxyl groups is 4. The monoisotopic (exact) mass is 408 g/mol. The van der Waals surface area contributed by atoms with E-state index in [1.807, 2.05) is 30.3 Å². The number of benzene rings is 4. The van der Waals surface area contributed by atoms with Gasteiger partial charge in [-0.15, -0.1) is 0 Å². The van der Waals surface area contributed by atoms with Crippen molar-refractivity contribution in [3.8, 4) is 23.0 Å². The van der Waals surface area contributed by atoms with Gasteiger partial charge >= 0.3 is 0 Å². The Balaban J connectivity index is 1.85. The molecule has 0 aromatic heterocycles. The van der Waals surface area contributed by atoms with Crippen molar-refractivity contribution < 1.29 is 25.2 Å². The molecule has 150 valence electrons. The highest BCUT2D eigenvalue weighted by atomic mass is 16.3. The second-order valence-corrected chi connectivity index (χ2v) is 7.90. The van der Waals surface area contributed by atoms with Gasteiger partial charge in [0.25, 0.3) is 0 Å². The molecule has 0 saturated carbocycles. The molecular weight excluding hydrogens is 392 g/mol. The Labute approximate surface area is 175 Å². The number of phenolic OH excluding ortho intramolecular Hbond substituents is 4. The molecule has 5 nitrogen and oxygen atoms in total. The fraction of sp³-hybridized carbons (Fsp3) is 0.0385. The molecule has 4 N–H and O–H groups in total. The minimum Gasteiger partial charge on any atom is -0.507 e. The summed E-state index contributed by atoms with van der Waals surface area (Å²) in [4.78, 5) is 11.6. The van der Waals surface area contributed by atoms with E-state index in [1.54, 1.807) is 18.2 Å². The van der Waals surface area contributed by atoms with Crippen molar-refractivity contribution >= 4 is 52.1 Å². The van der Waals surface area contributed by atoms with E-state index >= 15 is 0 Å². The van der Waals surface area contributed by atoms with Crippen LogP contribution in [0.25, 0.3) is 45.8 Å². The second kappa shape index (κ2) is 5.89. The van der Waals surface area contributed by atoms with Crippen LogP contribution < -0.4 is 10.4 Å². The summed E-state index contributed by atoms with van der Waals surface area (Å²) in [6.45, 7) is 0. The van der Waals surface area contributed by atoms with Gasteiger partial charge < -0.3 is 20.4 Å². The molecule has 2 aliphatic carbocycles. The van der Waals surface area contributed by atoms with Gasteiger partial charge in [-0.3, -0.25) is 4.79 Å². The Morgan fingerprint density at radius 2 is 1.55 bits per heavy atom. The SMILES string of the molecule is O=Cc1ccc2ccc3c4c(c(O)c5c3c2c1=CC5)=Cc1c(O)c(O)cc(O)c1C=C4. The Morgan fingerprint density at radius 1 is 0.774 bits per heavy atom. The number of aldehydes is 1. The molecule has 0 spiro atoms. The van der Waals surface area contributed by atoms with Crippen molar-refractivity contribution in [2.24, 2.45) is 0 Å². The van der Waals surface area contributed by atoms with Crippen LogP contribution in [0.15, 0.2) is 30.3 Å². The summed E-state index contributed by atoms with van der Waals surface area (Å²) in [6.07, 6.45) is 8.30. The summed E-state index contributed by atoms with van der Waals surface area (Å²) in [7, 11) is 0. The molecule has 4 aromatic rings. The number of fused-ring (bicyclic) bond motifs is 3. The van der Waals surface area contributed by atoms with E-state index in [1.165, 1.54) is 0 Å². The van der Waals surface area contributed by atoms with E-state index in [2.05, 4.69) is 0 Å². The van der Waals surface area contributed by atoms with Crippen LogP contribution in [0.1, 0.15) is 32.6 Å². The lowest BCUT2D eigenvalue weighted by Gasteiger charge is -2.18. The first kappa shape index (κ1) is 17.6. The second-order valence-electron chi connectivity index (χ2n) is 7.90. The molecule has 4 aromatic carbocycles. The van der Waals surface area contributed by atoms with Crippen LogP contribution in [0.2, 0.25) is 0 Å². The zero-order valence-electron chi connectivity index (χ0n) is 16.2. The molecule has 0 bridgehead atoms. The van der Waals surface area contributed by atoms with Crippen molar-refractivity contribution in [3.05, 3.63) is 68.6 Å². The summed E-state index contributed by atoms with van der Waals surface area (Å²) in [6, 6.07) is 8.78. The third kappa shape index (κ3) is 2.17. The highest BCUT2D eigenvalue weighted by Gasteiger charge is 2.22. The average Bonchev–Trinajstić information content (AvgIpc) is 2.98.